The molecule has 1 aliphatic heterocycles. The number of carboxylic acid groups (broad SMARTS) is 1. The highest BCUT2D eigenvalue weighted by Crippen LogP contribution is 2.27. The van der Waals surface area contributed by atoms with Gasteiger partial charge >= 0.3 is 5.97 Å². The Morgan fingerprint density at radius 2 is 1.82 bits per heavy atom. The van der Waals surface area contributed by atoms with Gasteiger partial charge in [0.05, 0.1) is 29.0 Å². The van der Waals surface area contributed by atoms with Gasteiger partial charge in [0.2, 0.25) is 0 Å². The Balaban J connectivity index is 1.53. The molecule has 2 aromatic heterocycles. The third-order valence-electron chi connectivity index (χ3n) is 5.45. The molecule has 1 aliphatic rings. The van der Waals surface area contributed by atoms with Gasteiger partial charge in [0.25, 0.3) is 5.91 Å². The fourth-order valence-electron chi connectivity index (χ4n) is 3.97. The predicted octanol–water partition coefficient (Wildman–Crippen LogP) is 3.22. The molecule has 0 unspecified atom stereocenters. The Labute approximate surface area is 162 Å². The van der Waals surface area contributed by atoms with Crippen LogP contribution in [0.15, 0.2) is 36.5 Å². The summed E-state index contributed by atoms with van der Waals surface area (Å²) >= 11 is 0. The highest BCUT2D eigenvalue weighted by atomic mass is 16.4. The van der Waals surface area contributed by atoms with Crippen molar-refractivity contribution >= 4 is 22.8 Å². The zero-order chi connectivity index (χ0) is 19.8. The monoisotopic (exact) mass is 378 g/mol. The number of hydrogen-bond donors (Lipinski definition) is 1. The van der Waals surface area contributed by atoms with E-state index in [1.165, 1.54) is 6.20 Å². The van der Waals surface area contributed by atoms with Gasteiger partial charge in [-0.2, -0.15) is 5.10 Å². The molecule has 1 aromatic carbocycles. The second kappa shape index (κ2) is 7.07. The number of amides is 1. The first-order valence-electron chi connectivity index (χ1n) is 9.39. The summed E-state index contributed by atoms with van der Waals surface area (Å²) in [4.78, 5) is 30.8. The predicted molar refractivity (Wildman–Crippen MR) is 105 cm³/mol. The smallest absolute Gasteiger partial charge is 0.339 e. The number of benzene rings is 1. The largest absolute Gasteiger partial charge is 0.478 e. The Hall–Kier alpha value is -3.22. The van der Waals surface area contributed by atoms with Crippen LogP contribution in [0, 0.1) is 13.8 Å². The Kier molecular flexibility index (Phi) is 4.58. The minimum atomic E-state index is -0.962. The maximum atomic E-state index is 13.2. The van der Waals surface area contributed by atoms with Crippen LogP contribution < -0.4 is 0 Å². The van der Waals surface area contributed by atoms with Crippen molar-refractivity contribution < 1.29 is 14.7 Å². The van der Waals surface area contributed by atoms with Gasteiger partial charge in [-0.3, -0.25) is 14.5 Å². The molecular formula is C21H22N4O3. The van der Waals surface area contributed by atoms with Gasteiger partial charge in [0, 0.05) is 24.2 Å². The molecule has 1 saturated heterocycles. The molecule has 1 amide bonds. The van der Waals surface area contributed by atoms with E-state index in [9.17, 15) is 14.7 Å². The number of piperidine rings is 1. The zero-order valence-corrected chi connectivity index (χ0v) is 15.9. The number of pyridine rings is 1. The van der Waals surface area contributed by atoms with Gasteiger partial charge in [-0.05, 0) is 38.8 Å². The van der Waals surface area contributed by atoms with Crippen molar-refractivity contribution in [2.24, 2.45) is 0 Å². The summed E-state index contributed by atoms with van der Waals surface area (Å²) in [6.45, 7) is 4.90. The third kappa shape index (κ3) is 3.13. The van der Waals surface area contributed by atoms with E-state index in [0.717, 1.165) is 29.4 Å². The number of aromatic carboxylic acids is 1. The van der Waals surface area contributed by atoms with E-state index < -0.39 is 5.97 Å². The van der Waals surface area contributed by atoms with Gasteiger partial charge < -0.3 is 10.0 Å². The van der Waals surface area contributed by atoms with Gasteiger partial charge in [-0.1, -0.05) is 18.2 Å². The second-order valence-electron chi connectivity index (χ2n) is 7.25. The third-order valence-corrected chi connectivity index (χ3v) is 5.45. The Morgan fingerprint density at radius 3 is 2.50 bits per heavy atom. The lowest BCUT2D eigenvalue weighted by Gasteiger charge is -2.33. The number of nitrogens with zero attached hydrogens (tertiary/aromatic N) is 4. The summed E-state index contributed by atoms with van der Waals surface area (Å²) in [5.41, 5.74) is 3.23. The lowest BCUT2D eigenvalue weighted by atomic mass is 10.0. The summed E-state index contributed by atoms with van der Waals surface area (Å²) < 4.78 is 1.79. The van der Waals surface area contributed by atoms with Crippen LogP contribution >= 0.6 is 0 Å². The van der Waals surface area contributed by atoms with E-state index >= 15 is 0 Å². The summed E-state index contributed by atoms with van der Waals surface area (Å²) in [5, 5.41) is 14.4. The fourth-order valence-corrected chi connectivity index (χ4v) is 3.97. The van der Waals surface area contributed by atoms with Gasteiger partial charge in [0.15, 0.2) is 0 Å². The molecule has 0 atom stereocenters. The van der Waals surface area contributed by atoms with Crippen molar-refractivity contribution in [3.05, 3.63) is 59.0 Å². The van der Waals surface area contributed by atoms with E-state index in [2.05, 4.69) is 10.1 Å². The maximum absolute atomic E-state index is 13.2. The minimum absolute atomic E-state index is 0.0172. The van der Waals surface area contributed by atoms with Gasteiger partial charge in [-0.25, -0.2) is 4.79 Å². The van der Waals surface area contributed by atoms with Crippen LogP contribution in [0.5, 0.6) is 0 Å². The van der Waals surface area contributed by atoms with Crippen molar-refractivity contribution in [1.82, 2.24) is 19.7 Å². The lowest BCUT2D eigenvalue weighted by Crippen LogP contribution is -2.39. The molecule has 144 valence electrons. The van der Waals surface area contributed by atoms with Crippen LogP contribution in [0.3, 0.4) is 0 Å². The molecule has 7 nitrogen and oxygen atoms in total. The van der Waals surface area contributed by atoms with Crippen LogP contribution in [-0.2, 0) is 0 Å². The number of likely N-dealkylation sites (tertiary alicyclic amines) is 1. The first kappa shape index (κ1) is 18.2. The molecule has 0 radical (unpaired) electrons. The van der Waals surface area contributed by atoms with Crippen molar-refractivity contribution in [1.29, 1.82) is 0 Å². The average molecular weight is 378 g/mol. The lowest BCUT2D eigenvalue weighted by molar-refractivity contribution is 0.0689. The van der Waals surface area contributed by atoms with Crippen molar-refractivity contribution in [2.75, 3.05) is 13.1 Å². The van der Waals surface area contributed by atoms with Crippen LogP contribution in [0.4, 0.5) is 0 Å². The molecule has 0 saturated carbocycles. The van der Waals surface area contributed by atoms with E-state index in [0.29, 0.717) is 24.3 Å². The number of carbonyl (C=O) groups excluding carboxylic acids is 1. The molecule has 4 rings (SSSR count). The maximum Gasteiger partial charge on any atom is 0.339 e. The SMILES string of the molecule is Cc1cc(C(=O)N2CCC(n3ncc(C(=O)O)c3C)CC2)c2ccccc2n1. The summed E-state index contributed by atoms with van der Waals surface area (Å²) in [5.74, 6) is -0.945. The van der Waals surface area contributed by atoms with Crippen LogP contribution in [0.25, 0.3) is 10.9 Å². The van der Waals surface area contributed by atoms with Crippen molar-refractivity contribution in [2.45, 2.75) is 32.7 Å². The number of para-hydroxylation sites is 1. The summed E-state index contributed by atoms with van der Waals surface area (Å²) in [6, 6.07) is 9.66. The normalized spacial score (nSPS) is 15.1. The molecule has 3 aromatic rings. The quantitative estimate of drug-likeness (QED) is 0.756. The Bertz CT molecular complexity index is 1060. The van der Waals surface area contributed by atoms with Crippen molar-refractivity contribution in [3.63, 3.8) is 0 Å². The van der Waals surface area contributed by atoms with Gasteiger partial charge in [-0.15, -0.1) is 0 Å². The standard InChI is InChI=1S/C21H22N4O3/c1-13-11-17(16-5-3-4-6-19(16)23-13)20(26)24-9-7-15(8-10-24)25-14(2)18(12-22-25)21(27)28/h3-6,11-12,15H,7-10H2,1-2H3,(H,27,28). The molecule has 7 heteroatoms. The van der Waals surface area contributed by atoms with Crippen LogP contribution in [0.2, 0.25) is 0 Å². The molecule has 28 heavy (non-hydrogen) atoms. The molecule has 1 N–H and O–H groups in total. The molecule has 3 heterocycles. The first-order chi connectivity index (χ1) is 13.5. The fraction of sp³-hybridized carbons (Fsp3) is 0.333. The highest BCUT2D eigenvalue weighted by molar-refractivity contribution is 6.06. The van der Waals surface area contributed by atoms with E-state index in [4.69, 9.17) is 0 Å². The van der Waals surface area contributed by atoms with E-state index in [1.807, 2.05) is 42.2 Å². The van der Waals surface area contributed by atoms with E-state index in [-0.39, 0.29) is 17.5 Å². The molecule has 0 aliphatic carbocycles. The molecule has 0 bridgehead atoms. The highest BCUT2D eigenvalue weighted by Gasteiger charge is 2.28. The average Bonchev–Trinajstić information content (AvgIpc) is 3.08. The van der Waals surface area contributed by atoms with E-state index in [1.54, 1.807) is 11.6 Å². The molecule has 0 spiro atoms. The number of fused-ring (bicyclic) bond motifs is 1. The number of rotatable bonds is 3. The zero-order valence-electron chi connectivity index (χ0n) is 15.9. The molecule has 1 fully saturated rings. The number of carboxylic acids is 1. The molecular weight excluding hydrogens is 356 g/mol. The number of aryl methyl sites for hydroxylation is 1. The topological polar surface area (TPSA) is 88.3 Å². The second-order valence-corrected chi connectivity index (χ2v) is 7.25. The Morgan fingerprint density at radius 1 is 1.11 bits per heavy atom. The number of aromatic nitrogens is 3. The van der Waals surface area contributed by atoms with Crippen molar-refractivity contribution in [3.8, 4) is 0 Å². The van der Waals surface area contributed by atoms with Crippen LogP contribution in [-0.4, -0.2) is 49.7 Å². The number of carbonyl (C=O) groups is 2. The van der Waals surface area contributed by atoms with Gasteiger partial charge in [0.1, 0.15) is 5.56 Å². The van der Waals surface area contributed by atoms with Crippen LogP contribution in [0.1, 0.15) is 51.0 Å². The summed E-state index contributed by atoms with van der Waals surface area (Å²) in [6.07, 6.45) is 2.89. The first-order valence-corrected chi connectivity index (χ1v) is 9.39. The summed E-state index contributed by atoms with van der Waals surface area (Å²) in [7, 11) is 0. The number of hydrogen-bond acceptors (Lipinski definition) is 4. The minimum Gasteiger partial charge on any atom is -0.478 e.